The lowest BCUT2D eigenvalue weighted by Gasteiger charge is -2.51. The van der Waals surface area contributed by atoms with Crippen LogP contribution in [0.5, 0.6) is 0 Å². The highest BCUT2D eigenvalue weighted by Crippen LogP contribution is 2.44. The Morgan fingerprint density at radius 3 is 3.00 bits per heavy atom. The lowest BCUT2D eigenvalue weighted by Crippen LogP contribution is -2.58. The van der Waals surface area contributed by atoms with Crippen LogP contribution in [0.2, 0.25) is 5.28 Å². The van der Waals surface area contributed by atoms with Gasteiger partial charge in [0.25, 0.3) is 0 Å². The summed E-state index contributed by atoms with van der Waals surface area (Å²) in [6.07, 6.45) is 2.83. The minimum Gasteiger partial charge on any atom is -0.378 e. The Balaban J connectivity index is 1.83. The van der Waals surface area contributed by atoms with Gasteiger partial charge >= 0.3 is 0 Å². The summed E-state index contributed by atoms with van der Waals surface area (Å²) in [5, 5.41) is 3.64. The number of imidazole rings is 1. The molecule has 0 saturated heterocycles. The molecule has 0 amide bonds. The SMILES string of the molecule is CCOC1CC(Nc2nc(Cl)nc3nc[nH]c23)C1(C)C. The van der Waals surface area contributed by atoms with Gasteiger partial charge in [-0.15, -0.1) is 0 Å². The van der Waals surface area contributed by atoms with Crippen molar-refractivity contribution in [2.75, 3.05) is 11.9 Å². The van der Waals surface area contributed by atoms with E-state index in [1.807, 2.05) is 6.92 Å². The van der Waals surface area contributed by atoms with Gasteiger partial charge < -0.3 is 15.0 Å². The molecule has 0 bridgehead atoms. The summed E-state index contributed by atoms with van der Waals surface area (Å²) in [4.78, 5) is 15.5. The molecule has 1 aliphatic carbocycles. The van der Waals surface area contributed by atoms with Crippen molar-refractivity contribution in [3.8, 4) is 0 Å². The molecule has 1 aliphatic rings. The Labute approximate surface area is 122 Å². The molecule has 2 heterocycles. The average Bonchev–Trinajstić information content (AvgIpc) is 2.85. The van der Waals surface area contributed by atoms with E-state index in [-0.39, 0.29) is 22.8 Å². The van der Waals surface area contributed by atoms with Gasteiger partial charge in [-0.05, 0) is 24.9 Å². The Kier molecular flexibility index (Phi) is 3.30. The van der Waals surface area contributed by atoms with E-state index in [0.717, 1.165) is 18.5 Å². The number of nitrogens with zero attached hydrogens (tertiary/aromatic N) is 3. The summed E-state index contributed by atoms with van der Waals surface area (Å²) in [5.74, 6) is 0.700. The van der Waals surface area contributed by atoms with Crippen molar-refractivity contribution in [3.05, 3.63) is 11.6 Å². The topological polar surface area (TPSA) is 75.7 Å². The number of aromatic amines is 1. The Morgan fingerprint density at radius 1 is 1.50 bits per heavy atom. The van der Waals surface area contributed by atoms with Crippen LogP contribution >= 0.6 is 11.6 Å². The molecule has 2 unspecified atom stereocenters. The number of anilines is 1. The highest BCUT2D eigenvalue weighted by atomic mass is 35.5. The van der Waals surface area contributed by atoms with Gasteiger partial charge in [0, 0.05) is 18.1 Å². The Hall–Kier alpha value is -1.40. The standard InChI is InChI=1S/C13H18ClN5O/c1-4-20-8-5-7(13(8,2)3)17-11-9-10(16-6-15-9)18-12(14)19-11/h6-8H,4-5H2,1-3H3,(H2,15,16,17,18,19). The van der Waals surface area contributed by atoms with Crippen LogP contribution in [-0.2, 0) is 4.74 Å². The summed E-state index contributed by atoms with van der Waals surface area (Å²) in [7, 11) is 0. The summed E-state index contributed by atoms with van der Waals surface area (Å²) in [6, 6.07) is 0.288. The zero-order valence-corrected chi connectivity index (χ0v) is 12.5. The zero-order valence-electron chi connectivity index (χ0n) is 11.8. The van der Waals surface area contributed by atoms with Crippen LogP contribution < -0.4 is 5.32 Å². The quantitative estimate of drug-likeness (QED) is 0.848. The second kappa shape index (κ2) is 4.86. The molecule has 0 aliphatic heterocycles. The fourth-order valence-corrected chi connectivity index (χ4v) is 2.86. The van der Waals surface area contributed by atoms with E-state index >= 15 is 0 Å². The number of aromatic nitrogens is 4. The number of hydrogen-bond acceptors (Lipinski definition) is 5. The van der Waals surface area contributed by atoms with Gasteiger partial charge in [-0.1, -0.05) is 13.8 Å². The molecule has 20 heavy (non-hydrogen) atoms. The van der Waals surface area contributed by atoms with E-state index in [1.54, 1.807) is 6.33 Å². The third-order valence-corrected chi connectivity index (χ3v) is 4.28. The largest absolute Gasteiger partial charge is 0.378 e. The maximum Gasteiger partial charge on any atom is 0.226 e. The molecule has 108 valence electrons. The third-order valence-electron chi connectivity index (χ3n) is 4.11. The molecule has 7 heteroatoms. The number of rotatable bonds is 4. The van der Waals surface area contributed by atoms with E-state index < -0.39 is 0 Å². The summed E-state index contributed by atoms with van der Waals surface area (Å²) < 4.78 is 5.74. The molecular formula is C13H18ClN5O. The van der Waals surface area contributed by atoms with Crippen LogP contribution in [0.1, 0.15) is 27.2 Å². The van der Waals surface area contributed by atoms with Crippen molar-refractivity contribution in [2.45, 2.75) is 39.3 Å². The molecule has 2 atom stereocenters. The average molecular weight is 296 g/mol. The molecule has 2 aromatic rings. The van der Waals surface area contributed by atoms with Crippen molar-refractivity contribution in [1.82, 2.24) is 19.9 Å². The van der Waals surface area contributed by atoms with Gasteiger partial charge in [-0.25, -0.2) is 4.98 Å². The summed E-state index contributed by atoms with van der Waals surface area (Å²) in [5.41, 5.74) is 1.41. The molecule has 2 aromatic heterocycles. The van der Waals surface area contributed by atoms with Crippen LogP contribution in [-0.4, -0.2) is 38.7 Å². The van der Waals surface area contributed by atoms with Gasteiger partial charge in [0.15, 0.2) is 11.5 Å². The Bertz CT molecular complexity index is 626. The van der Waals surface area contributed by atoms with Crippen LogP contribution in [0.3, 0.4) is 0 Å². The predicted molar refractivity (Wildman–Crippen MR) is 77.9 cm³/mol. The molecular weight excluding hydrogens is 278 g/mol. The summed E-state index contributed by atoms with van der Waals surface area (Å²) in [6.45, 7) is 7.16. The first-order valence-electron chi connectivity index (χ1n) is 6.77. The number of halogens is 1. The highest BCUT2D eigenvalue weighted by molar-refractivity contribution is 6.28. The molecule has 0 spiro atoms. The van der Waals surface area contributed by atoms with Crippen LogP contribution in [0.15, 0.2) is 6.33 Å². The van der Waals surface area contributed by atoms with Crippen molar-refractivity contribution >= 4 is 28.6 Å². The predicted octanol–water partition coefficient (Wildman–Crippen LogP) is 2.62. The van der Waals surface area contributed by atoms with E-state index in [9.17, 15) is 0 Å². The van der Waals surface area contributed by atoms with Crippen LogP contribution in [0, 0.1) is 5.41 Å². The number of nitrogens with one attached hydrogen (secondary N) is 2. The van der Waals surface area contributed by atoms with Crippen LogP contribution in [0.4, 0.5) is 5.82 Å². The van der Waals surface area contributed by atoms with Crippen LogP contribution in [0.25, 0.3) is 11.2 Å². The minimum atomic E-state index is 0.0553. The molecule has 1 saturated carbocycles. The second-order valence-corrected chi connectivity index (χ2v) is 5.98. The van der Waals surface area contributed by atoms with E-state index in [0.29, 0.717) is 11.5 Å². The maximum absolute atomic E-state index is 5.93. The first-order valence-corrected chi connectivity index (χ1v) is 7.15. The fourth-order valence-electron chi connectivity index (χ4n) is 2.69. The first-order chi connectivity index (χ1) is 9.52. The van der Waals surface area contributed by atoms with Crippen molar-refractivity contribution in [1.29, 1.82) is 0 Å². The fraction of sp³-hybridized carbons (Fsp3) is 0.615. The van der Waals surface area contributed by atoms with Crippen molar-refractivity contribution < 1.29 is 4.74 Å². The van der Waals surface area contributed by atoms with Crippen molar-refractivity contribution in [2.24, 2.45) is 5.41 Å². The zero-order chi connectivity index (χ0) is 14.3. The highest BCUT2D eigenvalue weighted by Gasteiger charge is 2.49. The number of ether oxygens (including phenoxy) is 1. The van der Waals surface area contributed by atoms with Gasteiger partial charge in [0.05, 0.1) is 12.4 Å². The lowest BCUT2D eigenvalue weighted by atomic mass is 9.64. The number of H-pyrrole nitrogens is 1. The van der Waals surface area contributed by atoms with Gasteiger partial charge in [-0.3, -0.25) is 0 Å². The van der Waals surface area contributed by atoms with Gasteiger partial charge in [-0.2, -0.15) is 9.97 Å². The first kappa shape index (κ1) is 13.6. The molecule has 3 rings (SSSR count). The van der Waals surface area contributed by atoms with E-state index in [4.69, 9.17) is 16.3 Å². The molecule has 0 radical (unpaired) electrons. The number of fused-ring (bicyclic) bond motifs is 1. The second-order valence-electron chi connectivity index (χ2n) is 5.64. The Morgan fingerprint density at radius 2 is 2.30 bits per heavy atom. The van der Waals surface area contributed by atoms with E-state index in [2.05, 4.69) is 39.1 Å². The van der Waals surface area contributed by atoms with Crippen molar-refractivity contribution in [3.63, 3.8) is 0 Å². The monoisotopic (exact) mass is 295 g/mol. The lowest BCUT2D eigenvalue weighted by molar-refractivity contribution is -0.0976. The normalized spacial score (nSPS) is 24.6. The third kappa shape index (κ3) is 2.13. The molecule has 0 aromatic carbocycles. The minimum absolute atomic E-state index is 0.0553. The maximum atomic E-state index is 5.93. The molecule has 6 nitrogen and oxygen atoms in total. The summed E-state index contributed by atoms with van der Waals surface area (Å²) >= 11 is 5.93. The van der Waals surface area contributed by atoms with Gasteiger partial charge in [0.2, 0.25) is 5.28 Å². The van der Waals surface area contributed by atoms with Gasteiger partial charge in [0.1, 0.15) is 5.52 Å². The number of hydrogen-bond donors (Lipinski definition) is 2. The molecule has 2 N–H and O–H groups in total. The smallest absolute Gasteiger partial charge is 0.226 e. The van der Waals surface area contributed by atoms with E-state index in [1.165, 1.54) is 0 Å². The molecule has 1 fully saturated rings.